The number of halogens is 1. The van der Waals surface area contributed by atoms with Crippen LogP contribution < -0.4 is 4.74 Å². The van der Waals surface area contributed by atoms with Crippen LogP contribution in [0.3, 0.4) is 0 Å². The van der Waals surface area contributed by atoms with Gasteiger partial charge in [0.1, 0.15) is 17.8 Å². The Balaban J connectivity index is 1.25. The number of para-hydroxylation sites is 1. The Kier molecular flexibility index (Phi) is 7.10. The molecule has 6 rings (SSSR count). The summed E-state index contributed by atoms with van der Waals surface area (Å²) in [4.78, 5) is 16.2. The lowest BCUT2D eigenvalue weighted by Crippen LogP contribution is -2.67. The van der Waals surface area contributed by atoms with Crippen molar-refractivity contribution in [1.82, 2.24) is 4.90 Å². The molecule has 6 heteroatoms. The smallest absolute Gasteiger partial charge is 0.331 e. The highest BCUT2D eigenvalue weighted by molar-refractivity contribution is 6.30. The molecular weight excluding hydrogens is 472 g/mol. The highest BCUT2D eigenvalue weighted by Gasteiger charge is 2.53. The Morgan fingerprint density at radius 3 is 2.39 bits per heavy atom. The van der Waals surface area contributed by atoms with E-state index in [0.29, 0.717) is 10.9 Å². The molecule has 0 spiro atoms. The summed E-state index contributed by atoms with van der Waals surface area (Å²) >= 11 is 6.17. The first-order valence-corrected chi connectivity index (χ1v) is 13.8. The van der Waals surface area contributed by atoms with E-state index in [0.717, 1.165) is 67.8 Å². The first-order valence-electron chi connectivity index (χ1n) is 13.4. The van der Waals surface area contributed by atoms with E-state index >= 15 is 0 Å². The minimum Gasteiger partial charge on any atom is -0.493 e. The average Bonchev–Trinajstić information content (AvgIpc) is 2.86. The third kappa shape index (κ3) is 5.16. The van der Waals surface area contributed by atoms with Crippen molar-refractivity contribution in [2.24, 2.45) is 11.3 Å². The predicted octanol–water partition coefficient (Wildman–Crippen LogP) is 5.52. The number of benzene rings is 2. The van der Waals surface area contributed by atoms with E-state index in [4.69, 9.17) is 21.1 Å². The number of nitrogens with zero attached hydrogens (tertiary/aromatic N) is 2. The van der Waals surface area contributed by atoms with E-state index in [1.54, 1.807) is 0 Å². The van der Waals surface area contributed by atoms with Gasteiger partial charge in [-0.15, -0.1) is 0 Å². The molecule has 0 aromatic heterocycles. The number of carbonyl (C=O) groups excluding carboxylic acids is 1. The first-order chi connectivity index (χ1) is 17.2. The van der Waals surface area contributed by atoms with Crippen molar-refractivity contribution in [2.75, 3.05) is 45.9 Å². The molecule has 2 aromatic carbocycles. The van der Waals surface area contributed by atoms with Gasteiger partial charge in [0.15, 0.2) is 6.10 Å². The van der Waals surface area contributed by atoms with Gasteiger partial charge in [0, 0.05) is 43.3 Å². The van der Waals surface area contributed by atoms with Gasteiger partial charge in [-0.25, -0.2) is 4.79 Å². The summed E-state index contributed by atoms with van der Waals surface area (Å²) in [6, 6.07) is 17.7. The molecule has 36 heavy (non-hydrogen) atoms. The molecule has 1 unspecified atom stereocenters. The van der Waals surface area contributed by atoms with Gasteiger partial charge in [0.2, 0.25) is 0 Å². The van der Waals surface area contributed by atoms with Crippen molar-refractivity contribution < 1.29 is 18.8 Å². The molecule has 4 fully saturated rings. The molecule has 0 saturated carbocycles. The number of likely N-dealkylation sites (tertiary alicyclic amines) is 1. The minimum atomic E-state index is -0.805. The predicted molar refractivity (Wildman–Crippen MR) is 143 cm³/mol. The Labute approximate surface area is 220 Å². The maximum absolute atomic E-state index is 13.9. The summed E-state index contributed by atoms with van der Waals surface area (Å²) in [6.45, 7) is 13.3. The number of hydrogen-bond donors (Lipinski definition) is 0. The van der Waals surface area contributed by atoms with E-state index in [1.165, 1.54) is 13.1 Å². The van der Waals surface area contributed by atoms with Gasteiger partial charge in [-0.1, -0.05) is 55.8 Å². The molecule has 5 nitrogen and oxygen atoms in total. The fraction of sp³-hybridized carbons (Fsp3) is 0.567. The van der Waals surface area contributed by atoms with Crippen molar-refractivity contribution in [3.05, 3.63) is 65.2 Å². The topological polar surface area (TPSA) is 38.8 Å². The number of quaternary nitrogens is 1. The fourth-order valence-corrected chi connectivity index (χ4v) is 6.66. The van der Waals surface area contributed by atoms with E-state index < -0.39 is 5.54 Å². The lowest BCUT2D eigenvalue weighted by atomic mass is 9.77. The van der Waals surface area contributed by atoms with Crippen LogP contribution in [0.1, 0.15) is 45.6 Å². The number of fused-ring (bicyclic) bond motifs is 3. The van der Waals surface area contributed by atoms with Gasteiger partial charge in [0.05, 0.1) is 26.2 Å². The van der Waals surface area contributed by atoms with Crippen LogP contribution in [0.5, 0.6) is 5.75 Å². The second kappa shape index (κ2) is 10.00. The van der Waals surface area contributed by atoms with Crippen molar-refractivity contribution >= 4 is 17.6 Å². The first kappa shape index (κ1) is 25.6. The van der Waals surface area contributed by atoms with Crippen molar-refractivity contribution in [3.63, 3.8) is 0 Å². The average molecular weight is 512 g/mol. The highest BCUT2D eigenvalue weighted by Crippen LogP contribution is 2.43. The second-order valence-electron chi connectivity index (χ2n) is 12.1. The van der Waals surface area contributed by atoms with Crippen molar-refractivity contribution in [2.45, 2.75) is 51.7 Å². The van der Waals surface area contributed by atoms with Crippen LogP contribution in [0.25, 0.3) is 0 Å². The largest absolute Gasteiger partial charge is 0.493 e. The lowest BCUT2D eigenvalue weighted by molar-refractivity contribution is -0.946. The Morgan fingerprint density at radius 1 is 1.08 bits per heavy atom. The molecule has 4 heterocycles. The molecule has 2 bridgehead atoms. The minimum absolute atomic E-state index is 0.0176. The van der Waals surface area contributed by atoms with Crippen LogP contribution >= 0.6 is 11.6 Å². The second-order valence-corrected chi connectivity index (χ2v) is 12.5. The summed E-state index contributed by atoms with van der Waals surface area (Å²) in [5.74, 6) is 1.28. The molecule has 0 aliphatic carbocycles. The number of esters is 1. The monoisotopic (exact) mass is 511 g/mol. The van der Waals surface area contributed by atoms with Crippen LogP contribution in [0.2, 0.25) is 5.02 Å². The molecular formula is C30H40ClN2O3+. The molecule has 4 aliphatic heterocycles. The molecule has 0 N–H and O–H groups in total. The number of hydrogen-bond acceptors (Lipinski definition) is 4. The van der Waals surface area contributed by atoms with Crippen LogP contribution in [0.15, 0.2) is 54.6 Å². The summed E-state index contributed by atoms with van der Waals surface area (Å²) in [6.07, 6.45) is 3.25. The van der Waals surface area contributed by atoms with Crippen molar-refractivity contribution in [1.29, 1.82) is 0 Å². The summed E-state index contributed by atoms with van der Waals surface area (Å²) in [7, 11) is 0. The summed E-state index contributed by atoms with van der Waals surface area (Å²) in [5, 5.41) is 0.679. The highest BCUT2D eigenvalue weighted by atomic mass is 35.5. The SMILES string of the molecule is CC1(C)CN(C(C)(C(=O)O[C@@H]2C[N+]3(CCCOc4ccccc4)CCC2CC3)c2ccc(Cl)cc2)C1. The van der Waals surface area contributed by atoms with Crippen LogP contribution in [-0.2, 0) is 15.1 Å². The lowest BCUT2D eigenvalue weighted by Gasteiger charge is -2.55. The molecule has 4 aliphatic rings. The zero-order valence-corrected chi connectivity index (χ0v) is 22.7. The zero-order chi connectivity index (χ0) is 25.4. The van der Waals surface area contributed by atoms with Gasteiger partial charge in [0.25, 0.3) is 0 Å². The van der Waals surface area contributed by atoms with Crippen molar-refractivity contribution in [3.8, 4) is 5.75 Å². The van der Waals surface area contributed by atoms with E-state index in [-0.39, 0.29) is 17.5 Å². The number of piperidine rings is 3. The number of rotatable bonds is 9. The normalized spacial score (nSPS) is 28.7. The Morgan fingerprint density at radius 2 is 1.75 bits per heavy atom. The zero-order valence-electron chi connectivity index (χ0n) is 21.9. The maximum Gasteiger partial charge on any atom is 0.331 e. The Hall–Kier alpha value is -2.08. The van der Waals surface area contributed by atoms with Gasteiger partial charge in [-0.05, 0) is 42.2 Å². The fourth-order valence-electron chi connectivity index (χ4n) is 6.54. The quantitative estimate of drug-likeness (QED) is 0.252. The number of ether oxygens (including phenoxy) is 2. The van der Waals surface area contributed by atoms with Crippen LogP contribution in [0.4, 0.5) is 0 Å². The van der Waals surface area contributed by atoms with E-state index in [9.17, 15) is 4.79 Å². The third-order valence-corrected chi connectivity index (χ3v) is 9.01. The van der Waals surface area contributed by atoms with Gasteiger partial charge in [-0.3, -0.25) is 4.90 Å². The third-order valence-electron chi connectivity index (χ3n) is 8.76. The molecule has 2 atom stereocenters. The summed E-state index contributed by atoms with van der Waals surface area (Å²) < 4.78 is 13.4. The molecule has 0 amide bonds. The summed E-state index contributed by atoms with van der Waals surface area (Å²) in [5.41, 5.74) is 0.358. The number of carbonyl (C=O) groups is 1. The van der Waals surface area contributed by atoms with Gasteiger partial charge < -0.3 is 14.0 Å². The van der Waals surface area contributed by atoms with Crippen LogP contribution in [0, 0.1) is 11.3 Å². The van der Waals surface area contributed by atoms with Crippen LogP contribution in [-0.4, -0.2) is 67.3 Å². The molecule has 4 saturated heterocycles. The molecule has 2 aromatic rings. The standard InChI is InChI=1S/C30H40ClN2O3/c1-29(2)21-32(22-29)30(3,24-10-12-25(31)13-11-24)28(34)36-27-20-33(17-14-23(27)15-18-33)16-7-19-35-26-8-5-4-6-9-26/h4-6,8-13,23,27H,7,14-22H2,1-3H3/q+1/t23?,27-,30?,33?/m1/s1. The molecule has 194 valence electrons. The van der Waals surface area contributed by atoms with E-state index in [1.807, 2.05) is 61.5 Å². The van der Waals surface area contributed by atoms with E-state index in [2.05, 4.69) is 18.7 Å². The molecule has 0 radical (unpaired) electrons. The Bertz CT molecular complexity index is 1040. The van der Waals surface area contributed by atoms with Gasteiger partial charge >= 0.3 is 5.97 Å². The van der Waals surface area contributed by atoms with Gasteiger partial charge in [-0.2, -0.15) is 0 Å². The maximum atomic E-state index is 13.9.